The van der Waals surface area contributed by atoms with E-state index in [1.54, 1.807) is 13.3 Å². The van der Waals surface area contributed by atoms with Gasteiger partial charge in [-0.05, 0) is 12.0 Å². The Bertz CT molecular complexity index is 380. The molecule has 0 saturated heterocycles. The zero-order valence-corrected chi connectivity index (χ0v) is 10.4. The van der Waals surface area contributed by atoms with E-state index in [1.807, 2.05) is 26.0 Å². The molecule has 0 saturated carbocycles. The lowest BCUT2D eigenvalue weighted by Gasteiger charge is -2.19. The third kappa shape index (κ3) is 3.71. The molecule has 0 aliphatic heterocycles. The summed E-state index contributed by atoms with van der Waals surface area (Å²) in [5.74, 6) is 0.366. The van der Waals surface area contributed by atoms with Crippen molar-refractivity contribution in [1.82, 2.24) is 10.3 Å². The van der Waals surface area contributed by atoms with E-state index in [1.165, 1.54) is 0 Å². The zero-order chi connectivity index (χ0) is 12.8. The number of hydrogen-bond donors (Lipinski definition) is 2. The Hall–Kier alpha value is -1.62. The molecule has 1 amide bonds. The lowest BCUT2D eigenvalue weighted by molar-refractivity contribution is -0.121. The number of methoxy groups -OCH3 is 1. The van der Waals surface area contributed by atoms with Crippen molar-refractivity contribution >= 4 is 5.91 Å². The molecule has 1 aromatic rings. The van der Waals surface area contributed by atoms with Gasteiger partial charge in [0.15, 0.2) is 0 Å². The van der Waals surface area contributed by atoms with Gasteiger partial charge in [-0.25, -0.2) is 4.98 Å². The molecule has 5 nitrogen and oxygen atoms in total. The number of carbonyl (C=O) groups excluding carboxylic acids is 1. The van der Waals surface area contributed by atoms with Crippen molar-refractivity contribution in [1.29, 1.82) is 0 Å². The Morgan fingerprint density at radius 3 is 2.82 bits per heavy atom. The van der Waals surface area contributed by atoms with Crippen LogP contribution in [-0.4, -0.2) is 24.0 Å². The van der Waals surface area contributed by atoms with Gasteiger partial charge in [0.2, 0.25) is 11.8 Å². The topological polar surface area (TPSA) is 77.2 Å². The maximum Gasteiger partial charge on any atom is 0.234 e. The maximum atomic E-state index is 11.2. The maximum absolute atomic E-state index is 11.2. The summed E-state index contributed by atoms with van der Waals surface area (Å²) >= 11 is 0. The highest BCUT2D eigenvalue weighted by molar-refractivity contribution is 5.80. The van der Waals surface area contributed by atoms with E-state index in [9.17, 15) is 4.79 Å². The minimum atomic E-state index is -0.347. The number of primary amides is 1. The summed E-state index contributed by atoms with van der Waals surface area (Å²) in [6.07, 6.45) is 1.66. The molecule has 0 aliphatic carbocycles. The van der Waals surface area contributed by atoms with Gasteiger partial charge < -0.3 is 15.8 Å². The van der Waals surface area contributed by atoms with Gasteiger partial charge in [0.25, 0.3) is 0 Å². The summed E-state index contributed by atoms with van der Waals surface area (Å²) in [5.41, 5.74) is 6.23. The number of amides is 1. The fourth-order valence-corrected chi connectivity index (χ4v) is 1.63. The number of carbonyl (C=O) groups is 1. The molecule has 3 N–H and O–H groups in total. The van der Waals surface area contributed by atoms with Crippen molar-refractivity contribution in [3.63, 3.8) is 0 Å². The van der Waals surface area contributed by atoms with Crippen molar-refractivity contribution in [3.05, 3.63) is 23.9 Å². The summed E-state index contributed by atoms with van der Waals surface area (Å²) < 4.78 is 5.13. The smallest absolute Gasteiger partial charge is 0.234 e. The van der Waals surface area contributed by atoms with Crippen molar-refractivity contribution in [2.45, 2.75) is 26.4 Å². The first-order valence-electron chi connectivity index (χ1n) is 5.56. The van der Waals surface area contributed by atoms with Gasteiger partial charge >= 0.3 is 0 Å². The van der Waals surface area contributed by atoms with Gasteiger partial charge in [-0.3, -0.25) is 4.79 Å². The SMILES string of the molecule is COc1ncccc1CNC(C(N)=O)C(C)C. The van der Waals surface area contributed by atoms with Crippen LogP contribution >= 0.6 is 0 Å². The normalized spacial score (nSPS) is 12.5. The molecule has 0 aliphatic rings. The zero-order valence-electron chi connectivity index (χ0n) is 10.4. The molecular formula is C12H19N3O2. The molecule has 17 heavy (non-hydrogen) atoms. The van der Waals surface area contributed by atoms with E-state index in [4.69, 9.17) is 10.5 Å². The summed E-state index contributed by atoms with van der Waals surface area (Å²) in [6, 6.07) is 3.38. The third-order valence-electron chi connectivity index (χ3n) is 2.53. The Morgan fingerprint density at radius 1 is 1.59 bits per heavy atom. The molecule has 0 aromatic carbocycles. The molecule has 0 fully saturated rings. The van der Waals surface area contributed by atoms with Crippen LogP contribution in [0.5, 0.6) is 5.88 Å². The van der Waals surface area contributed by atoms with Crippen LogP contribution in [0.3, 0.4) is 0 Å². The number of ether oxygens (including phenoxy) is 1. The minimum Gasteiger partial charge on any atom is -0.481 e. The van der Waals surface area contributed by atoms with Crippen LogP contribution in [0.1, 0.15) is 19.4 Å². The molecule has 0 spiro atoms. The molecular weight excluding hydrogens is 218 g/mol. The van der Waals surface area contributed by atoms with Gasteiger partial charge in [-0.15, -0.1) is 0 Å². The Balaban J connectivity index is 2.68. The number of rotatable bonds is 6. The monoisotopic (exact) mass is 237 g/mol. The summed E-state index contributed by atoms with van der Waals surface area (Å²) in [4.78, 5) is 15.3. The van der Waals surface area contributed by atoms with E-state index in [-0.39, 0.29) is 17.9 Å². The molecule has 0 bridgehead atoms. The summed E-state index contributed by atoms with van der Waals surface area (Å²) in [7, 11) is 1.57. The Morgan fingerprint density at radius 2 is 2.29 bits per heavy atom. The fourth-order valence-electron chi connectivity index (χ4n) is 1.63. The number of aromatic nitrogens is 1. The number of nitrogens with zero attached hydrogens (tertiary/aromatic N) is 1. The third-order valence-corrected chi connectivity index (χ3v) is 2.53. The Labute approximate surface area is 101 Å². The number of pyridine rings is 1. The molecule has 5 heteroatoms. The predicted octanol–water partition coefficient (Wildman–Crippen LogP) is 0.690. The van der Waals surface area contributed by atoms with Crippen molar-refractivity contribution in [2.24, 2.45) is 11.7 Å². The lowest BCUT2D eigenvalue weighted by Crippen LogP contribution is -2.44. The van der Waals surface area contributed by atoms with Crippen molar-refractivity contribution in [2.75, 3.05) is 7.11 Å². The second-order valence-electron chi connectivity index (χ2n) is 4.18. The second kappa shape index (κ2) is 6.20. The van der Waals surface area contributed by atoms with Crippen molar-refractivity contribution < 1.29 is 9.53 Å². The van der Waals surface area contributed by atoms with Gasteiger partial charge in [-0.1, -0.05) is 19.9 Å². The van der Waals surface area contributed by atoms with Crippen LogP contribution in [0.15, 0.2) is 18.3 Å². The van der Waals surface area contributed by atoms with E-state index >= 15 is 0 Å². The van der Waals surface area contributed by atoms with Crippen LogP contribution in [0.2, 0.25) is 0 Å². The van der Waals surface area contributed by atoms with Gasteiger partial charge in [0.1, 0.15) is 0 Å². The average molecular weight is 237 g/mol. The van der Waals surface area contributed by atoms with Crippen LogP contribution in [0.25, 0.3) is 0 Å². The summed E-state index contributed by atoms with van der Waals surface area (Å²) in [5, 5.41) is 3.12. The van der Waals surface area contributed by atoms with Crippen LogP contribution in [-0.2, 0) is 11.3 Å². The largest absolute Gasteiger partial charge is 0.481 e. The highest BCUT2D eigenvalue weighted by Gasteiger charge is 2.19. The van der Waals surface area contributed by atoms with Gasteiger partial charge in [-0.2, -0.15) is 0 Å². The van der Waals surface area contributed by atoms with E-state index < -0.39 is 0 Å². The molecule has 1 heterocycles. The Kier molecular flexibility index (Phi) is 4.90. The number of hydrogen-bond acceptors (Lipinski definition) is 4. The number of nitrogens with one attached hydrogen (secondary N) is 1. The first kappa shape index (κ1) is 13.4. The number of nitrogens with two attached hydrogens (primary N) is 1. The second-order valence-corrected chi connectivity index (χ2v) is 4.18. The van der Waals surface area contributed by atoms with E-state index in [2.05, 4.69) is 10.3 Å². The molecule has 1 aromatic heterocycles. The standard InChI is InChI=1S/C12H19N3O2/c1-8(2)10(11(13)16)15-7-9-5-4-6-14-12(9)17-3/h4-6,8,10,15H,7H2,1-3H3,(H2,13,16). The molecule has 1 rings (SSSR count). The van der Waals surface area contributed by atoms with Crippen LogP contribution in [0.4, 0.5) is 0 Å². The van der Waals surface area contributed by atoms with Gasteiger partial charge in [0.05, 0.1) is 13.2 Å². The van der Waals surface area contributed by atoms with Crippen molar-refractivity contribution in [3.8, 4) is 5.88 Å². The average Bonchev–Trinajstić information content (AvgIpc) is 2.29. The van der Waals surface area contributed by atoms with Gasteiger partial charge in [0, 0.05) is 18.3 Å². The minimum absolute atomic E-state index is 0.148. The van der Waals surface area contributed by atoms with E-state index in [0.717, 1.165) is 5.56 Å². The molecule has 1 atom stereocenters. The fraction of sp³-hybridized carbons (Fsp3) is 0.500. The quantitative estimate of drug-likeness (QED) is 0.763. The first-order valence-corrected chi connectivity index (χ1v) is 5.56. The van der Waals surface area contributed by atoms with Crippen LogP contribution in [0, 0.1) is 5.92 Å². The molecule has 94 valence electrons. The highest BCUT2D eigenvalue weighted by Crippen LogP contribution is 2.13. The molecule has 1 unspecified atom stereocenters. The predicted molar refractivity (Wildman–Crippen MR) is 65.4 cm³/mol. The molecule has 0 radical (unpaired) electrons. The lowest BCUT2D eigenvalue weighted by atomic mass is 10.0. The first-order chi connectivity index (χ1) is 8.06. The van der Waals surface area contributed by atoms with Crippen LogP contribution < -0.4 is 15.8 Å². The van der Waals surface area contributed by atoms with E-state index in [0.29, 0.717) is 12.4 Å². The summed E-state index contributed by atoms with van der Waals surface area (Å²) in [6.45, 7) is 4.40. The highest BCUT2D eigenvalue weighted by atomic mass is 16.5.